The van der Waals surface area contributed by atoms with Crippen LogP contribution in [0.3, 0.4) is 0 Å². The van der Waals surface area contributed by atoms with Crippen LogP contribution < -0.4 is 0 Å². The number of halogens is 3. The van der Waals surface area contributed by atoms with Crippen molar-refractivity contribution in [1.82, 2.24) is 0 Å². The third kappa shape index (κ3) is 2.86. The highest BCUT2D eigenvalue weighted by Crippen LogP contribution is 2.29. The van der Waals surface area contributed by atoms with Gasteiger partial charge in [-0.3, -0.25) is 0 Å². The zero-order valence-electron chi connectivity index (χ0n) is 8.70. The fourth-order valence-electron chi connectivity index (χ4n) is 1.55. The molecule has 2 aromatic carbocycles. The van der Waals surface area contributed by atoms with E-state index in [9.17, 15) is 9.50 Å². The van der Waals surface area contributed by atoms with E-state index in [1.54, 1.807) is 12.1 Å². The monoisotopic (exact) mass is 314 g/mol. The molecule has 0 heterocycles. The van der Waals surface area contributed by atoms with Gasteiger partial charge >= 0.3 is 0 Å². The third-order valence-corrected chi connectivity index (χ3v) is 3.31. The van der Waals surface area contributed by atoms with Crippen LogP contribution in [-0.2, 0) is 0 Å². The van der Waals surface area contributed by atoms with Crippen LogP contribution in [-0.4, -0.2) is 5.11 Å². The van der Waals surface area contributed by atoms with E-state index in [0.29, 0.717) is 16.1 Å². The zero-order chi connectivity index (χ0) is 12.4. The van der Waals surface area contributed by atoms with Crippen LogP contribution in [0.25, 0.3) is 0 Å². The molecule has 1 N–H and O–H groups in total. The van der Waals surface area contributed by atoms with Crippen molar-refractivity contribution in [3.63, 3.8) is 0 Å². The first-order valence-corrected chi connectivity index (χ1v) is 6.13. The summed E-state index contributed by atoms with van der Waals surface area (Å²) in [7, 11) is 0. The topological polar surface area (TPSA) is 20.2 Å². The van der Waals surface area contributed by atoms with Crippen molar-refractivity contribution in [2.45, 2.75) is 6.10 Å². The molecule has 0 fully saturated rings. The van der Waals surface area contributed by atoms with Crippen LogP contribution in [0.15, 0.2) is 46.9 Å². The Kier molecular flexibility index (Phi) is 3.82. The molecule has 1 unspecified atom stereocenters. The maximum Gasteiger partial charge on any atom is 0.123 e. The quantitative estimate of drug-likeness (QED) is 0.875. The molecule has 1 atom stereocenters. The van der Waals surface area contributed by atoms with Crippen LogP contribution in [0.5, 0.6) is 0 Å². The van der Waals surface area contributed by atoms with E-state index >= 15 is 0 Å². The lowest BCUT2D eigenvalue weighted by atomic mass is 10.0. The molecule has 0 aliphatic heterocycles. The average molecular weight is 316 g/mol. The Balaban J connectivity index is 2.39. The first-order chi connectivity index (χ1) is 8.08. The van der Waals surface area contributed by atoms with Crippen LogP contribution in [0, 0.1) is 5.82 Å². The lowest BCUT2D eigenvalue weighted by Crippen LogP contribution is -2.01. The molecule has 0 radical (unpaired) electrons. The first kappa shape index (κ1) is 12.6. The number of benzene rings is 2. The molecule has 17 heavy (non-hydrogen) atoms. The molecule has 0 saturated heterocycles. The molecule has 2 aromatic rings. The van der Waals surface area contributed by atoms with Crippen molar-refractivity contribution in [1.29, 1.82) is 0 Å². The lowest BCUT2D eigenvalue weighted by molar-refractivity contribution is 0.220. The van der Waals surface area contributed by atoms with Gasteiger partial charge in [-0.2, -0.15) is 0 Å². The first-order valence-electron chi connectivity index (χ1n) is 4.96. The van der Waals surface area contributed by atoms with Gasteiger partial charge in [-0.15, -0.1) is 0 Å². The highest BCUT2D eigenvalue weighted by molar-refractivity contribution is 9.10. The predicted molar refractivity (Wildman–Crippen MR) is 69.6 cm³/mol. The number of rotatable bonds is 2. The van der Waals surface area contributed by atoms with Crippen molar-refractivity contribution in [2.75, 3.05) is 0 Å². The normalized spacial score (nSPS) is 12.5. The van der Waals surface area contributed by atoms with Gasteiger partial charge in [-0.1, -0.05) is 39.7 Å². The van der Waals surface area contributed by atoms with E-state index < -0.39 is 11.9 Å². The number of aliphatic hydroxyl groups is 1. The van der Waals surface area contributed by atoms with Crippen LogP contribution in [0.4, 0.5) is 4.39 Å². The molecule has 0 amide bonds. The molecule has 0 bridgehead atoms. The minimum absolute atomic E-state index is 0.349. The van der Waals surface area contributed by atoms with Gasteiger partial charge in [0.15, 0.2) is 0 Å². The second-order valence-electron chi connectivity index (χ2n) is 3.62. The Bertz CT molecular complexity index is 527. The average Bonchev–Trinajstić information content (AvgIpc) is 2.32. The van der Waals surface area contributed by atoms with Gasteiger partial charge in [0.1, 0.15) is 11.9 Å². The molecule has 0 spiro atoms. The molecular formula is C13H9BrClFO. The second kappa shape index (κ2) is 5.17. The number of aliphatic hydroxyl groups excluding tert-OH is 1. The summed E-state index contributed by atoms with van der Waals surface area (Å²) in [5, 5.41) is 10.5. The Morgan fingerprint density at radius 3 is 2.41 bits per heavy atom. The number of hydrogen-bond donors (Lipinski definition) is 1. The molecule has 0 aromatic heterocycles. The van der Waals surface area contributed by atoms with Crippen molar-refractivity contribution in [3.05, 3.63) is 68.9 Å². The lowest BCUT2D eigenvalue weighted by Gasteiger charge is -2.13. The summed E-state index contributed by atoms with van der Waals surface area (Å²) in [6.45, 7) is 0. The molecule has 0 saturated carbocycles. The summed E-state index contributed by atoms with van der Waals surface area (Å²) in [6, 6.07) is 11.1. The fraction of sp³-hybridized carbons (Fsp3) is 0.0769. The third-order valence-electron chi connectivity index (χ3n) is 2.44. The highest BCUT2D eigenvalue weighted by Gasteiger charge is 2.14. The Labute approximate surface area is 112 Å². The standard InChI is InChI=1S/C13H9BrClFO/c14-9-3-1-8(2-4-9)13(17)11-7-10(16)5-6-12(11)15/h1-7,13,17H. The Hall–Kier alpha value is -0.900. The summed E-state index contributed by atoms with van der Waals surface area (Å²) in [5.74, 6) is -0.416. The van der Waals surface area contributed by atoms with E-state index in [0.717, 1.165) is 4.47 Å². The van der Waals surface area contributed by atoms with Crippen LogP contribution in [0.1, 0.15) is 17.2 Å². The van der Waals surface area contributed by atoms with Gasteiger partial charge in [0.25, 0.3) is 0 Å². The largest absolute Gasteiger partial charge is 0.384 e. The maximum atomic E-state index is 13.1. The Morgan fingerprint density at radius 2 is 1.76 bits per heavy atom. The van der Waals surface area contributed by atoms with Gasteiger partial charge < -0.3 is 5.11 Å². The van der Waals surface area contributed by atoms with Gasteiger partial charge in [0, 0.05) is 15.1 Å². The summed E-state index contributed by atoms with van der Waals surface area (Å²) in [6.07, 6.45) is -0.925. The summed E-state index contributed by atoms with van der Waals surface area (Å²) >= 11 is 9.25. The van der Waals surface area contributed by atoms with Crippen molar-refractivity contribution in [3.8, 4) is 0 Å². The van der Waals surface area contributed by atoms with Gasteiger partial charge in [0.05, 0.1) is 0 Å². The van der Waals surface area contributed by atoms with E-state index in [4.69, 9.17) is 11.6 Å². The van der Waals surface area contributed by atoms with Crippen LogP contribution in [0.2, 0.25) is 5.02 Å². The molecule has 0 aliphatic carbocycles. The maximum absolute atomic E-state index is 13.1. The Morgan fingerprint density at radius 1 is 1.12 bits per heavy atom. The van der Waals surface area contributed by atoms with Crippen molar-refractivity contribution < 1.29 is 9.50 Å². The second-order valence-corrected chi connectivity index (χ2v) is 4.94. The summed E-state index contributed by atoms with van der Waals surface area (Å²) < 4.78 is 14.0. The van der Waals surface area contributed by atoms with E-state index in [1.807, 2.05) is 12.1 Å². The summed E-state index contributed by atoms with van der Waals surface area (Å²) in [5.41, 5.74) is 1.04. The van der Waals surface area contributed by atoms with Crippen LogP contribution >= 0.6 is 27.5 Å². The molecule has 0 aliphatic rings. The highest BCUT2D eigenvalue weighted by atomic mass is 79.9. The predicted octanol–water partition coefficient (Wildman–Crippen LogP) is 4.32. The van der Waals surface area contributed by atoms with Crippen molar-refractivity contribution in [2.24, 2.45) is 0 Å². The van der Waals surface area contributed by atoms with Gasteiger partial charge in [-0.25, -0.2) is 4.39 Å². The minimum Gasteiger partial charge on any atom is -0.384 e. The molecular weight excluding hydrogens is 306 g/mol. The fourth-order valence-corrected chi connectivity index (χ4v) is 2.03. The van der Waals surface area contributed by atoms with Crippen molar-refractivity contribution >= 4 is 27.5 Å². The van der Waals surface area contributed by atoms with E-state index in [2.05, 4.69) is 15.9 Å². The van der Waals surface area contributed by atoms with Gasteiger partial charge in [-0.05, 0) is 35.9 Å². The minimum atomic E-state index is -0.925. The SMILES string of the molecule is OC(c1ccc(Br)cc1)c1cc(F)ccc1Cl. The van der Waals surface area contributed by atoms with Gasteiger partial charge in [0.2, 0.25) is 0 Å². The smallest absolute Gasteiger partial charge is 0.123 e. The zero-order valence-corrected chi connectivity index (χ0v) is 11.0. The molecule has 2 rings (SSSR count). The number of hydrogen-bond acceptors (Lipinski definition) is 1. The molecule has 88 valence electrons. The van der Waals surface area contributed by atoms with E-state index in [1.165, 1.54) is 18.2 Å². The molecule has 4 heteroatoms. The summed E-state index contributed by atoms with van der Waals surface area (Å²) in [4.78, 5) is 0. The molecule has 1 nitrogen and oxygen atoms in total. The van der Waals surface area contributed by atoms with E-state index in [-0.39, 0.29) is 0 Å².